The van der Waals surface area contributed by atoms with E-state index < -0.39 is 17.7 Å². The number of rotatable bonds is 8. The molecule has 1 saturated heterocycles. The molecule has 1 amide bonds. The lowest BCUT2D eigenvalue weighted by molar-refractivity contribution is -0.132. The van der Waals surface area contributed by atoms with Crippen LogP contribution in [0.1, 0.15) is 36.1 Å². The number of hydrogen-bond donors (Lipinski definition) is 1. The van der Waals surface area contributed by atoms with Gasteiger partial charge in [0.2, 0.25) is 0 Å². The zero-order valence-electron chi connectivity index (χ0n) is 22.1. The minimum Gasteiger partial charge on any atom is -0.507 e. The standard InChI is InChI=1S/C30H28N2O6S/c1-5-14-38-22-13-9-19(16-23(22)37-4)26-25(27(33)18-7-10-20(36-3)11-8-18)28(34)29(35)32(26)30-31-21-12-6-17(2)15-24(21)39-30/h6-13,15-16,26,33H,5,14H2,1-4H3/b27-25+/t26-/m0/s1. The maximum Gasteiger partial charge on any atom is 0.301 e. The molecule has 1 aliphatic rings. The molecule has 5 rings (SSSR count). The van der Waals surface area contributed by atoms with Gasteiger partial charge in [0.25, 0.3) is 5.78 Å². The molecule has 8 nitrogen and oxygen atoms in total. The van der Waals surface area contributed by atoms with Crippen molar-refractivity contribution in [2.24, 2.45) is 0 Å². The first-order valence-corrected chi connectivity index (χ1v) is 13.3. The van der Waals surface area contributed by atoms with Crippen LogP contribution in [0, 0.1) is 6.92 Å². The summed E-state index contributed by atoms with van der Waals surface area (Å²) in [4.78, 5) is 33.1. The van der Waals surface area contributed by atoms with Crippen molar-refractivity contribution in [1.82, 2.24) is 4.98 Å². The average molecular weight is 545 g/mol. The van der Waals surface area contributed by atoms with Gasteiger partial charge < -0.3 is 19.3 Å². The van der Waals surface area contributed by atoms with Crippen LogP contribution in [0.5, 0.6) is 17.2 Å². The van der Waals surface area contributed by atoms with Crippen LogP contribution in [0.3, 0.4) is 0 Å². The van der Waals surface area contributed by atoms with Gasteiger partial charge in [-0.3, -0.25) is 14.5 Å². The molecule has 0 spiro atoms. The number of aryl methyl sites for hydroxylation is 1. The highest BCUT2D eigenvalue weighted by molar-refractivity contribution is 7.22. The number of benzene rings is 3. The van der Waals surface area contributed by atoms with E-state index in [1.165, 1.54) is 23.3 Å². The molecule has 200 valence electrons. The maximum atomic E-state index is 13.6. The number of aliphatic hydroxyl groups excluding tert-OH is 1. The van der Waals surface area contributed by atoms with Crippen molar-refractivity contribution in [3.8, 4) is 17.2 Å². The van der Waals surface area contributed by atoms with E-state index in [0.717, 1.165) is 22.2 Å². The zero-order chi connectivity index (χ0) is 27.7. The summed E-state index contributed by atoms with van der Waals surface area (Å²) in [6.45, 7) is 4.50. The number of ether oxygens (including phenoxy) is 3. The number of ketones is 1. The number of Topliss-reactive ketones (excluding diaryl/α,β-unsaturated/α-hetero) is 1. The smallest absolute Gasteiger partial charge is 0.301 e. The Hall–Kier alpha value is -4.37. The highest BCUT2D eigenvalue weighted by Crippen LogP contribution is 2.46. The van der Waals surface area contributed by atoms with Crippen LogP contribution >= 0.6 is 11.3 Å². The highest BCUT2D eigenvalue weighted by atomic mass is 32.1. The minimum atomic E-state index is -0.942. The number of fused-ring (bicyclic) bond motifs is 1. The molecule has 1 aromatic heterocycles. The van der Waals surface area contributed by atoms with Crippen molar-refractivity contribution in [3.05, 3.63) is 82.9 Å². The van der Waals surface area contributed by atoms with Crippen LogP contribution in [0.25, 0.3) is 16.0 Å². The van der Waals surface area contributed by atoms with E-state index in [-0.39, 0.29) is 11.3 Å². The Morgan fingerprint density at radius 3 is 2.46 bits per heavy atom. The average Bonchev–Trinajstić information content (AvgIpc) is 3.48. The topological polar surface area (TPSA) is 98.2 Å². The zero-order valence-corrected chi connectivity index (χ0v) is 22.9. The summed E-state index contributed by atoms with van der Waals surface area (Å²) in [5.74, 6) is -0.252. The normalized spacial score (nSPS) is 16.6. The Bertz CT molecular complexity index is 1590. The SMILES string of the molecule is CCCOc1ccc([C@H]2/C(=C(\O)c3ccc(OC)cc3)C(=O)C(=O)N2c2nc3ccc(C)cc3s2)cc1OC. The van der Waals surface area contributed by atoms with E-state index >= 15 is 0 Å². The number of aliphatic hydroxyl groups is 1. The van der Waals surface area contributed by atoms with Gasteiger partial charge in [-0.15, -0.1) is 0 Å². The molecule has 0 radical (unpaired) electrons. The van der Waals surface area contributed by atoms with E-state index in [1.807, 2.05) is 32.0 Å². The van der Waals surface area contributed by atoms with Crippen LogP contribution in [0.4, 0.5) is 5.13 Å². The van der Waals surface area contributed by atoms with Crippen LogP contribution in [0.2, 0.25) is 0 Å². The molecule has 1 N–H and O–H groups in total. The number of amides is 1. The molecule has 39 heavy (non-hydrogen) atoms. The van der Waals surface area contributed by atoms with Crippen LogP contribution < -0.4 is 19.1 Å². The number of aromatic nitrogens is 1. The quantitative estimate of drug-likeness (QED) is 0.164. The molecular weight excluding hydrogens is 516 g/mol. The third-order valence-corrected chi connectivity index (χ3v) is 7.53. The molecular formula is C30H28N2O6S. The van der Waals surface area contributed by atoms with E-state index in [1.54, 1.807) is 49.6 Å². The third kappa shape index (κ3) is 4.81. The van der Waals surface area contributed by atoms with Gasteiger partial charge in [-0.25, -0.2) is 4.98 Å². The summed E-state index contributed by atoms with van der Waals surface area (Å²) in [7, 11) is 3.07. The number of carbonyl (C=O) groups excluding carboxylic acids is 2. The minimum absolute atomic E-state index is 0.0371. The van der Waals surface area contributed by atoms with Gasteiger partial charge in [-0.05, 0) is 73.0 Å². The van der Waals surface area contributed by atoms with Gasteiger partial charge in [-0.1, -0.05) is 30.4 Å². The molecule has 1 fully saturated rings. The van der Waals surface area contributed by atoms with Crippen LogP contribution in [0.15, 0.2) is 66.2 Å². The fourth-order valence-corrected chi connectivity index (χ4v) is 5.65. The number of thiazole rings is 1. The van der Waals surface area contributed by atoms with E-state index in [2.05, 4.69) is 4.98 Å². The molecule has 0 aliphatic carbocycles. The molecule has 9 heteroatoms. The van der Waals surface area contributed by atoms with Crippen LogP contribution in [-0.4, -0.2) is 42.6 Å². The highest BCUT2D eigenvalue weighted by Gasteiger charge is 2.48. The second-order valence-corrected chi connectivity index (χ2v) is 10.1. The molecule has 1 aliphatic heterocycles. The number of anilines is 1. The fourth-order valence-electron chi connectivity index (χ4n) is 4.56. The van der Waals surface area contributed by atoms with Gasteiger partial charge in [-0.2, -0.15) is 0 Å². The van der Waals surface area contributed by atoms with Crippen molar-refractivity contribution in [2.45, 2.75) is 26.3 Å². The second-order valence-electron chi connectivity index (χ2n) is 9.12. The van der Waals surface area contributed by atoms with Crippen molar-refractivity contribution in [1.29, 1.82) is 0 Å². The van der Waals surface area contributed by atoms with Gasteiger partial charge in [0.05, 0.1) is 42.7 Å². The second kappa shape index (κ2) is 10.8. The summed E-state index contributed by atoms with van der Waals surface area (Å²) < 4.78 is 17.5. The molecule has 0 saturated carbocycles. The summed E-state index contributed by atoms with van der Waals surface area (Å²) in [5.41, 5.74) is 2.69. The summed E-state index contributed by atoms with van der Waals surface area (Å²) >= 11 is 1.32. The third-order valence-electron chi connectivity index (χ3n) is 6.51. The van der Waals surface area contributed by atoms with E-state index in [0.29, 0.717) is 40.1 Å². The van der Waals surface area contributed by atoms with E-state index in [9.17, 15) is 14.7 Å². The summed E-state index contributed by atoms with van der Waals surface area (Å²) in [6.07, 6.45) is 0.823. The number of carbonyl (C=O) groups is 2. The van der Waals surface area contributed by atoms with Gasteiger partial charge in [0.1, 0.15) is 11.5 Å². The predicted molar refractivity (Wildman–Crippen MR) is 151 cm³/mol. The number of methoxy groups -OCH3 is 2. The number of hydrogen-bond acceptors (Lipinski definition) is 8. The Balaban J connectivity index is 1.70. The Labute approximate surface area is 230 Å². The van der Waals surface area contributed by atoms with Crippen LogP contribution in [-0.2, 0) is 9.59 Å². The predicted octanol–water partition coefficient (Wildman–Crippen LogP) is 6.04. The Morgan fingerprint density at radius 2 is 1.77 bits per heavy atom. The first-order valence-electron chi connectivity index (χ1n) is 12.5. The molecule has 4 aromatic rings. The summed E-state index contributed by atoms with van der Waals surface area (Å²) in [5, 5.41) is 11.8. The van der Waals surface area contributed by atoms with Gasteiger partial charge in [0, 0.05) is 5.56 Å². The van der Waals surface area contributed by atoms with Crippen molar-refractivity contribution in [2.75, 3.05) is 25.7 Å². The van der Waals surface area contributed by atoms with Crippen molar-refractivity contribution < 1.29 is 28.9 Å². The molecule has 2 heterocycles. The molecule has 0 unspecified atom stereocenters. The lowest BCUT2D eigenvalue weighted by atomic mass is 9.95. The summed E-state index contributed by atoms with van der Waals surface area (Å²) in [6, 6.07) is 16.8. The van der Waals surface area contributed by atoms with Gasteiger partial charge in [0.15, 0.2) is 16.6 Å². The lowest BCUT2D eigenvalue weighted by Crippen LogP contribution is -2.29. The fraction of sp³-hybridized carbons (Fsp3) is 0.233. The molecule has 0 bridgehead atoms. The Morgan fingerprint density at radius 1 is 1.00 bits per heavy atom. The van der Waals surface area contributed by atoms with Crippen molar-refractivity contribution >= 4 is 44.1 Å². The van der Waals surface area contributed by atoms with Gasteiger partial charge >= 0.3 is 5.91 Å². The number of nitrogens with zero attached hydrogens (tertiary/aromatic N) is 2. The van der Waals surface area contributed by atoms with E-state index in [4.69, 9.17) is 14.2 Å². The molecule has 1 atom stereocenters. The Kier molecular flexibility index (Phi) is 7.26. The first-order chi connectivity index (χ1) is 18.9. The monoisotopic (exact) mass is 544 g/mol. The molecule has 3 aromatic carbocycles. The maximum absolute atomic E-state index is 13.6. The lowest BCUT2D eigenvalue weighted by Gasteiger charge is -2.24. The van der Waals surface area contributed by atoms with Crippen molar-refractivity contribution in [3.63, 3.8) is 0 Å². The first kappa shape index (κ1) is 26.2. The largest absolute Gasteiger partial charge is 0.507 e.